The van der Waals surface area contributed by atoms with E-state index in [2.05, 4.69) is 11.6 Å². The number of fused-ring (bicyclic) bond motifs is 1. The van der Waals surface area contributed by atoms with Crippen LogP contribution in [0.1, 0.15) is 18.6 Å². The predicted octanol–water partition coefficient (Wildman–Crippen LogP) is 3.77. The van der Waals surface area contributed by atoms with E-state index in [0.29, 0.717) is 51.2 Å². The smallest absolute Gasteiger partial charge is 0.298 e. The first-order chi connectivity index (χ1) is 15.6. The fraction of sp³-hybridized carbons (Fsp3) is 0.400. The number of benzene rings is 2. The summed E-state index contributed by atoms with van der Waals surface area (Å²) < 4.78 is 24.3. The van der Waals surface area contributed by atoms with Gasteiger partial charge in [-0.1, -0.05) is 49.0 Å². The Kier molecular flexibility index (Phi) is 9.25. The third kappa shape index (κ3) is 6.40. The Bertz CT molecular complexity index is 973. The Labute approximate surface area is 189 Å². The van der Waals surface area contributed by atoms with Crippen LogP contribution in [0, 0.1) is 0 Å². The molecule has 2 aromatic carbocycles. The third-order valence-electron chi connectivity index (χ3n) is 5.03. The Morgan fingerprint density at radius 1 is 0.969 bits per heavy atom. The minimum atomic E-state index is -0.859. The van der Waals surface area contributed by atoms with Crippen molar-refractivity contribution in [3.8, 4) is 6.01 Å². The molecule has 3 aromatic rings. The summed E-state index contributed by atoms with van der Waals surface area (Å²) in [5, 5.41) is 10.9. The molecule has 7 nitrogen and oxygen atoms in total. The number of aliphatic hydroxyl groups excluding tert-OH is 1. The molecule has 1 heterocycles. The second-order valence-electron chi connectivity index (χ2n) is 7.49. The Hall–Kier alpha value is -2.71. The maximum absolute atomic E-state index is 10.9. The van der Waals surface area contributed by atoms with Gasteiger partial charge in [0.1, 0.15) is 6.10 Å². The van der Waals surface area contributed by atoms with Crippen molar-refractivity contribution >= 4 is 11.0 Å². The van der Waals surface area contributed by atoms with Gasteiger partial charge in [0.15, 0.2) is 6.10 Å². The van der Waals surface area contributed by atoms with Crippen molar-refractivity contribution < 1.29 is 24.1 Å². The predicted molar refractivity (Wildman–Crippen MR) is 124 cm³/mol. The van der Waals surface area contributed by atoms with Gasteiger partial charge < -0.3 is 24.1 Å². The van der Waals surface area contributed by atoms with Gasteiger partial charge in [-0.3, -0.25) is 4.57 Å². The lowest BCUT2D eigenvalue weighted by atomic mass is 10.00. The fourth-order valence-electron chi connectivity index (χ4n) is 3.35. The largest absolute Gasteiger partial charge is 0.454 e. The minimum absolute atomic E-state index is 0.425. The number of methoxy groups -OCH3 is 1. The van der Waals surface area contributed by atoms with E-state index in [1.165, 1.54) is 0 Å². The van der Waals surface area contributed by atoms with Crippen molar-refractivity contribution in [2.45, 2.75) is 25.7 Å². The van der Waals surface area contributed by atoms with E-state index >= 15 is 0 Å². The van der Waals surface area contributed by atoms with Gasteiger partial charge >= 0.3 is 0 Å². The number of nitrogens with zero attached hydrogens (tertiary/aromatic N) is 2. The number of aromatic nitrogens is 2. The van der Waals surface area contributed by atoms with Crippen LogP contribution < -0.4 is 4.74 Å². The molecule has 3 rings (SSSR count). The van der Waals surface area contributed by atoms with Crippen molar-refractivity contribution in [2.75, 3.05) is 40.1 Å². The summed E-state index contributed by atoms with van der Waals surface area (Å²) in [6, 6.07) is 17.7. The molecule has 2 atom stereocenters. The maximum Gasteiger partial charge on any atom is 0.298 e. The number of aliphatic hydroxyl groups is 1. The second kappa shape index (κ2) is 12.4. The van der Waals surface area contributed by atoms with Crippen molar-refractivity contribution in [1.82, 2.24) is 9.55 Å². The van der Waals surface area contributed by atoms with Crippen LogP contribution in [-0.2, 0) is 20.8 Å². The van der Waals surface area contributed by atoms with Crippen LogP contribution in [0.25, 0.3) is 11.0 Å². The maximum atomic E-state index is 10.9. The van der Waals surface area contributed by atoms with Gasteiger partial charge in [-0.15, -0.1) is 0 Å². The van der Waals surface area contributed by atoms with E-state index in [0.717, 1.165) is 16.6 Å². The quantitative estimate of drug-likeness (QED) is 0.304. The van der Waals surface area contributed by atoms with Crippen LogP contribution >= 0.6 is 0 Å². The zero-order valence-corrected chi connectivity index (χ0v) is 18.8. The summed E-state index contributed by atoms with van der Waals surface area (Å²) in [6.45, 7) is 9.03. The Balaban J connectivity index is 1.70. The van der Waals surface area contributed by atoms with Gasteiger partial charge in [-0.25, -0.2) is 0 Å². The summed E-state index contributed by atoms with van der Waals surface area (Å²) in [6.07, 6.45) is -1.49. The van der Waals surface area contributed by atoms with Crippen LogP contribution in [0.5, 0.6) is 6.01 Å². The number of rotatable bonds is 14. The van der Waals surface area contributed by atoms with Crippen molar-refractivity contribution in [3.63, 3.8) is 0 Å². The first-order valence-electron chi connectivity index (χ1n) is 10.8. The highest BCUT2D eigenvalue weighted by Gasteiger charge is 2.26. The summed E-state index contributed by atoms with van der Waals surface area (Å²) in [5.74, 6) is 0. The van der Waals surface area contributed by atoms with Crippen LogP contribution in [0.3, 0.4) is 0 Å². The monoisotopic (exact) mass is 440 g/mol. The first kappa shape index (κ1) is 23.9. The lowest BCUT2D eigenvalue weighted by Crippen LogP contribution is -2.28. The molecule has 7 heteroatoms. The molecular formula is C25H32N2O5. The van der Waals surface area contributed by atoms with Crippen LogP contribution in [0.4, 0.5) is 0 Å². The van der Waals surface area contributed by atoms with E-state index in [-0.39, 0.29) is 0 Å². The van der Waals surface area contributed by atoms with Gasteiger partial charge in [0.2, 0.25) is 0 Å². The highest BCUT2D eigenvalue weighted by atomic mass is 16.5. The SMILES string of the molecule is C=C(C)[C@H](Oc1nc2ccccc2n1CCOCCOCCOC)[C@@H](O)c1ccccc1. The lowest BCUT2D eigenvalue weighted by Gasteiger charge is -2.24. The number of para-hydroxylation sites is 2. The summed E-state index contributed by atoms with van der Waals surface area (Å²) >= 11 is 0. The second-order valence-corrected chi connectivity index (χ2v) is 7.49. The van der Waals surface area contributed by atoms with Gasteiger partial charge in [0, 0.05) is 7.11 Å². The van der Waals surface area contributed by atoms with Crippen LogP contribution in [0.15, 0.2) is 66.7 Å². The molecule has 0 aliphatic rings. The highest BCUT2D eigenvalue weighted by molar-refractivity contribution is 5.76. The van der Waals surface area contributed by atoms with Crippen molar-refractivity contribution in [3.05, 3.63) is 72.3 Å². The summed E-state index contributed by atoms with van der Waals surface area (Å²) in [4.78, 5) is 4.65. The van der Waals surface area contributed by atoms with Gasteiger partial charge in [-0.05, 0) is 30.2 Å². The topological polar surface area (TPSA) is 75.0 Å². The number of hydrogen-bond acceptors (Lipinski definition) is 6. The molecule has 0 saturated carbocycles. The summed E-state index contributed by atoms with van der Waals surface area (Å²) in [5.41, 5.74) is 3.24. The number of imidazole rings is 1. The summed E-state index contributed by atoms with van der Waals surface area (Å²) in [7, 11) is 1.65. The van der Waals surface area contributed by atoms with Crippen molar-refractivity contribution in [1.29, 1.82) is 0 Å². The van der Waals surface area contributed by atoms with E-state index < -0.39 is 12.2 Å². The first-order valence-corrected chi connectivity index (χ1v) is 10.8. The normalized spacial score (nSPS) is 13.2. The standard InChI is InChI=1S/C25H32N2O5/c1-19(2)24(23(28)20-9-5-4-6-10-20)32-25-26-21-11-7-8-12-22(21)27(25)13-14-30-17-18-31-16-15-29-3/h4-12,23-24,28H,1,13-18H2,2-3H3/t23-,24-/m0/s1. The molecule has 0 unspecified atom stereocenters. The number of ether oxygens (including phenoxy) is 4. The van der Waals surface area contributed by atoms with Gasteiger partial charge in [0.05, 0.1) is 50.6 Å². The molecule has 0 bridgehead atoms. The molecule has 0 aliphatic heterocycles. The molecule has 1 aromatic heterocycles. The minimum Gasteiger partial charge on any atom is -0.454 e. The molecule has 0 fully saturated rings. The zero-order chi connectivity index (χ0) is 22.8. The van der Waals surface area contributed by atoms with Gasteiger partial charge in [0.25, 0.3) is 6.01 Å². The van der Waals surface area contributed by atoms with E-state index in [1.807, 2.05) is 66.1 Å². The molecule has 0 aliphatic carbocycles. The molecule has 0 amide bonds. The van der Waals surface area contributed by atoms with Crippen molar-refractivity contribution in [2.24, 2.45) is 0 Å². The Morgan fingerprint density at radius 3 is 2.34 bits per heavy atom. The molecule has 172 valence electrons. The average Bonchev–Trinajstić information content (AvgIpc) is 3.16. The number of hydrogen-bond donors (Lipinski definition) is 1. The molecular weight excluding hydrogens is 408 g/mol. The zero-order valence-electron chi connectivity index (χ0n) is 18.8. The molecule has 32 heavy (non-hydrogen) atoms. The van der Waals surface area contributed by atoms with E-state index in [4.69, 9.17) is 18.9 Å². The van der Waals surface area contributed by atoms with E-state index in [9.17, 15) is 5.11 Å². The average molecular weight is 441 g/mol. The van der Waals surface area contributed by atoms with Crippen LogP contribution in [0.2, 0.25) is 0 Å². The third-order valence-corrected chi connectivity index (χ3v) is 5.03. The highest BCUT2D eigenvalue weighted by Crippen LogP contribution is 2.28. The fourth-order valence-corrected chi connectivity index (χ4v) is 3.35. The molecule has 0 saturated heterocycles. The van der Waals surface area contributed by atoms with Crippen LogP contribution in [-0.4, -0.2) is 60.9 Å². The van der Waals surface area contributed by atoms with Gasteiger partial charge in [-0.2, -0.15) is 4.98 Å². The molecule has 0 spiro atoms. The Morgan fingerprint density at radius 2 is 1.62 bits per heavy atom. The van der Waals surface area contributed by atoms with E-state index in [1.54, 1.807) is 7.11 Å². The lowest BCUT2D eigenvalue weighted by molar-refractivity contribution is 0.0214. The molecule has 1 N–H and O–H groups in total. The molecule has 0 radical (unpaired) electrons.